The molecule has 0 amide bonds. The lowest BCUT2D eigenvalue weighted by atomic mass is 10.2. The zero-order valence-electron chi connectivity index (χ0n) is 11.4. The molecule has 5 nitrogen and oxygen atoms in total. The monoisotopic (exact) mass is 240 g/mol. The molecule has 17 heavy (non-hydrogen) atoms. The number of hydrogen-bond donors (Lipinski definition) is 1. The summed E-state index contributed by atoms with van der Waals surface area (Å²) in [6.07, 6.45) is 1.86. The molecule has 5 heteroatoms. The second-order valence-corrected chi connectivity index (χ2v) is 4.16. The number of aromatic nitrogens is 2. The first-order valence-electron chi connectivity index (χ1n) is 6.52. The standard InChI is InChI=1S/C12H24N4O/c1-5-13-10(4)8-9-11-14-12(15-17-11)16(6-2)7-3/h10,13H,5-9H2,1-4H3. The van der Waals surface area contributed by atoms with E-state index in [4.69, 9.17) is 4.52 Å². The molecule has 0 bridgehead atoms. The smallest absolute Gasteiger partial charge is 0.266 e. The molecule has 0 aliphatic heterocycles. The summed E-state index contributed by atoms with van der Waals surface area (Å²) < 4.78 is 5.25. The molecule has 1 atom stereocenters. The predicted molar refractivity (Wildman–Crippen MR) is 69.3 cm³/mol. The van der Waals surface area contributed by atoms with Crippen LogP contribution < -0.4 is 10.2 Å². The molecule has 1 N–H and O–H groups in total. The first-order valence-corrected chi connectivity index (χ1v) is 6.52. The number of anilines is 1. The summed E-state index contributed by atoms with van der Waals surface area (Å²) in [5.41, 5.74) is 0. The van der Waals surface area contributed by atoms with Gasteiger partial charge < -0.3 is 14.7 Å². The van der Waals surface area contributed by atoms with Gasteiger partial charge in [-0.2, -0.15) is 4.98 Å². The Morgan fingerprint density at radius 3 is 2.59 bits per heavy atom. The Hall–Kier alpha value is -1.10. The Labute approximate surface area is 104 Å². The summed E-state index contributed by atoms with van der Waals surface area (Å²) in [5.74, 6) is 1.44. The van der Waals surface area contributed by atoms with Crippen LogP contribution in [0.2, 0.25) is 0 Å². The van der Waals surface area contributed by atoms with E-state index >= 15 is 0 Å². The maximum absolute atomic E-state index is 5.25. The quantitative estimate of drug-likeness (QED) is 0.751. The average Bonchev–Trinajstić information content (AvgIpc) is 2.77. The van der Waals surface area contributed by atoms with E-state index in [9.17, 15) is 0 Å². The van der Waals surface area contributed by atoms with Crippen LogP contribution in [0.15, 0.2) is 4.52 Å². The Morgan fingerprint density at radius 2 is 2.00 bits per heavy atom. The third-order valence-corrected chi connectivity index (χ3v) is 2.85. The molecule has 0 fully saturated rings. The van der Waals surface area contributed by atoms with E-state index in [0.29, 0.717) is 12.0 Å². The first kappa shape index (κ1) is 14.0. The maximum atomic E-state index is 5.25. The van der Waals surface area contributed by atoms with Crippen LogP contribution in [-0.2, 0) is 6.42 Å². The van der Waals surface area contributed by atoms with Crippen molar-refractivity contribution in [3.8, 4) is 0 Å². The summed E-state index contributed by atoms with van der Waals surface area (Å²) in [6.45, 7) is 11.3. The van der Waals surface area contributed by atoms with Crippen molar-refractivity contribution in [3.63, 3.8) is 0 Å². The van der Waals surface area contributed by atoms with E-state index in [2.05, 4.69) is 48.1 Å². The van der Waals surface area contributed by atoms with Crippen LogP contribution in [0.4, 0.5) is 5.95 Å². The van der Waals surface area contributed by atoms with Crippen molar-refractivity contribution in [2.24, 2.45) is 0 Å². The number of hydrogen-bond acceptors (Lipinski definition) is 5. The van der Waals surface area contributed by atoms with Crippen molar-refractivity contribution in [1.82, 2.24) is 15.5 Å². The van der Waals surface area contributed by atoms with Crippen molar-refractivity contribution in [3.05, 3.63) is 5.89 Å². The lowest BCUT2D eigenvalue weighted by Crippen LogP contribution is -2.26. The highest BCUT2D eigenvalue weighted by Gasteiger charge is 2.11. The zero-order valence-corrected chi connectivity index (χ0v) is 11.4. The molecule has 0 spiro atoms. The van der Waals surface area contributed by atoms with E-state index < -0.39 is 0 Å². The van der Waals surface area contributed by atoms with Gasteiger partial charge in [-0.05, 0) is 38.9 Å². The Bertz CT molecular complexity index is 309. The minimum atomic E-state index is 0.490. The SMILES string of the molecule is CCNC(C)CCc1nc(N(CC)CC)no1. The molecule has 1 aromatic heterocycles. The highest BCUT2D eigenvalue weighted by Crippen LogP contribution is 2.10. The Balaban J connectivity index is 2.45. The van der Waals surface area contributed by atoms with Crippen LogP contribution in [0.3, 0.4) is 0 Å². The van der Waals surface area contributed by atoms with E-state index in [0.717, 1.165) is 38.4 Å². The maximum Gasteiger partial charge on any atom is 0.266 e. The first-order chi connectivity index (χ1) is 8.21. The molecular formula is C12H24N4O. The van der Waals surface area contributed by atoms with Gasteiger partial charge in [-0.15, -0.1) is 0 Å². The molecule has 98 valence electrons. The lowest BCUT2D eigenvalue weighted by Gasteiger charge is -2.14. The Morgan fingerprint density at radius 1 is 1.29 bits per heavy atom. The number of nitrogens with zero attached hydrogens (tertiary/aromatic N) is 3. The third kappa shape index (κ3) is 4.34. The summed E-state index contributed by atoms with van der Waals surface area (Å²) in [4.78, 5) is 6.49. The Kier molecular flexibility index (Phi) is 5.97. The van der Waals surface area contributed by atoms with Crippen LogP contribution in [0, 0.1) is 0 Å². The fraction of sp³-hybridized carbons (Fsp3) is 0.833. The molecular weight excluding hydrogens is 216 g/mol. The van der Waals surface area contributed by atoms with Gasteiger partial charge in [0.1, 0.15) is 0 Å². The molecule has 1 heterocycles. The van der Waals surface area contributed by atoms with Gasteiger partial charge in [-0.25, -0.2) is 0 Å². The van der Waals surface area contributed by atoms with Gasteiger partial charge in [0.2, 0.25) is 5.89 Å². The average molecular weight is 240 g/mol. The molecule has 0 aliphatic carbocycles. The summed E-state index contributed by atoms with van der Waals surface area (Å²) in [6, 6.07) is 0.490. The summed E-state index contributed by atoms with van der Waals surface area (Å²) in [5, 5.41) is 7.37. The topological polar surface area (TPSA) is 54.2 Å². The third-order valence-electron chi connectivity index (χ3n) is 2.85. The van der Waals surface area contributed by atoms with E-state index in [-0.39, 0.29) is 0 Å². The summed E-state index contributed by atoms with van der Waals surface area (Å²) in [7, 11) is 0. The second-order valence-electron chi connectivity index (χ2n) is 4.16. The van der Waals surface area contributed by atoms with E-state index in [1.807, 2.05) is 0 Å². The normalized spacial score (nSPS) is 12.7. The van der Waals surface area contributed by atoms with Gasteiger partial charge in [0.25, 0.3) is 5.95 Å². The molecule has 0 aromatic carbocycles. The fourth-order valence-corrected chi connectivity index (χ4v) is 1.77. The number of aryl methyl sites for hydroxylation is 1. The number of nitrogens with one attached hydrogen (secondary N) is 1. The largest absolute Gasteiger partial charge is 0.339 e. The van der Waals surface area contributed by atoms with Gasteiger partial charge in [0, 0.05) is 25.6 Å². The molecule has 1 aromatic rings. The lowest BCUT2D eigenvalue weighted by molar-refractivity contribution is 0.366. The van der Waals surface area contributed by atoms with Crippen molar-refractivity contribution >= 4 is 5.95 Å². The van der Waals surface area contributed by atoms with Gasteiger partial charge in [-0.1, -0.05) is 6.92 Å². The minimum absolute atomic E-state index is 0.490. The van der Waals surface area contributed by atoms with Crippen LogP contribution in [-0.4, -0.2) is 35.8 Å². The van der Waals surface area contributed by atoms with E-state index in [1.54, 1.807) is 0 Å². The molecule has 0 radical (unpaired) electrons. The molecule has 0 aliphatic rings. The highest BCUT2D eigenvalue weighted by molar-refractivity contribution is 5.26. The fourth-order valence-electron chi connectivity index (χ4n) is 1.77. The predicted octanol–water partition coefficient (Wildman–Crippen LogP) is 1.85. The van der Waals surface area contributed by atoms with Crippen LogP contribution in [0.5, 0.6) is 0 Å². The molecule has 0 saturated heterocycles. The second kappa shape index (κ2) is 7.27. The highest BCUT2D eigenvalue weighted by atomic mass is 16.5. The van der Waals surface area contributed by atoms with Crippen molar-refractivity contribution < 1.29 is 4.52 Å². The molecule has 0 saturated carbocycles. The minimum Gasteiger partial charge on any atom is -0.339 e. The van der Waals surface area contributed by atoms with Gasteiger partial charge in [0.05, 0.1) is 0 Å². The van der Waals surface area contributed by atoms with Gasteiger partial charge in [0.15, 0.2) is 0 Å². The van der Waals surface area contributed by atoms with Crippen molar-refractivity contribution in [2.45, 2.75) is 46.6 Å². The van der Waals surface area contributed by atoms with Crippen molar-refractivity contribution in [2.75, 3.05) is 24.5 Å². The van der Waals surface area contributed by atoms with Crippen LogP contribution >= 0.6 is 0 Å². The molecule has 1 unspecified atom stereocenters. The van der Waals surface area contributed by atoms with Gasteiger partial charge >= 0.3 is 0 Å². The zero-order chi connectivity index (χ0) is 12.7. The van der Waals surface area contributed by atoms with Crippen molar-refractivity contribution in [1.29, 1.82) is 0 Å². The molecule has 1 rings (SSSR count). The summed E-state index contributed by atoms with van der Waals surface area (Å²) >= 11 is 0. The number of rotatable bonds is 8. The van der Waals surface area contributed by atoms with E-state index in [1.165, 1.54) is 0 Å². The van der Waals surface area contributed by atoms with Crippen LogP contribution in [0.1, 0.15) is 40.0 Å². The van der Waals surface area contributed by atoms with Crippen LogP contribution in [0.25, 0.3) is 0 Å². The van der Waals surface area contributed by atoms with Gasteiger partial charge in [-0.3, -0.25) is 0 Å².